The van der Waals surface area contributed by atoms with Gasteiger partial charge in [-0.25, -0.2) is 0 Å². The summed E-state index contributed by atoms with van der Waals surface area (Å²) >= 11 is 7.46. The molecule has 162 valence electrons. The number of aryl methyl sites for hydroxylation is 1. The lowest BCUT2D eigenvalue weighted by molar-refractivity contribution is 0.0970. The molecule has 32 heavy (non-hydrogen) atoms. The van der Waals surface area contributed by atoms with E-state index in [1.807, 2.05) is 25.1 Å². The molecule has 0 unspecified atom stereocenters. The number of halogens is 1. The fourth-order valence-corrected chi connectivity index (χ4v) is 5.22. The van der Waals surface area contributed by atoms with Gasteiger partial charge in [-0.05, 0) is 42.7 Å². The Morgan fingerprint density at radius 3 is 2.59 bits per heavy atom. The highest BCUT2D eigenvalue weighted by molar-refractivity contribution is 7.15. The number of rotatable bonds is 4. The number of anilines is 1. The maximum absolute atomic E-state index is 13.6. The van der Waals surface area contributed by atoms with Crippen molar-refractivity contribution < 1.29 is 9.21 Å². The minimum atomic E-state index is -0.671. The molecule has 0 saturated carbocycles. The molecule has 5 rings (SSSR count). The van der Waals surface area contributed by atoms with E-state index in [0.29, 0.717) is 32.6 Å². The fraction of sp³-hybridized carbons (Fsp3) is 0.250. The third kappa shape index (κ3) is 3.42. The predicted octanol–water partition coefficient (Wildman–Crippen LogP) is 5.55. The van der Waals surface area contributed by atoms with Crippen LogP contribution in [0.1, 0.15) is 52.1 Å². The zero-order chi connectivity index (χ0) is 22.6. The van der Waals surface area contributed by atoms with Crippen LogP contribution >= 0.6 is 22.9 Å². The van der Waals surface area contributed by atoms with E-state index >= 15 is 0 Å². The summed E-state index contributed by atoms with van der Waals surface area (Å²) in [5.41, 5.74) is 2.18. The molecule has 0 fully saturated rings. The molecule has 0 aliphatic carbocycles. The highest BCUT2D eigenvalue weighted by Gasteiger charge is 2.45. The Hall–Kier alpha value is -3.03. The molecule has 8 heteroatoms. The van der Waals surface area contributed by atoms with Crippen molar-refractivity contribution in [1.82, 2.24) is 10.2 Å². The lowest BCUT2D eigenvalue weighted by atomic mass is 9.98. The summed E-state index contributed by atoms with van der Waals surface area (Å²) in [6, 6.07) is 11.8. The number of aromatic nitrogens is 2. The van der Waals surface area contributed by atoms with Gasteiger partial charge in [0.2, 0.25) is 10.9 Å². The van der Waals surface area contributed by atoms with Gasteiger partial charge in [-0.3, -0.25) is 14.5 Å². The van der Waals surface area contributed by atoms with Crippen molar-refractivity contribution in [1.29, 1.82) is 0 Å². The maximum atomic E-state index is 13.6. The third-order valence-corrected chi connectivity index (χ3v) is 6.65. The Balaban J connectivity index is 1.74. The van der Waals surface area contributed by atoms with Crippen molar-refractivity contribution in [3.63, 3.8) is 0 Å². The third-order valence-electron chi connectivity index (χ3n) is 5.46. The van der Waals surface area contributed by atoms with Crippen LogP contribution in [0.4, 0.5) is 5.13 Å². The topological polar surface area (TPSA) is 76.3 Å². The van der Waals surface area contributed by atoms with Gasteiger partial charge < -0.3 is 4.42 Å². The summed E-state index contributed by atoms with van der Waals surface area (Å²) in [6.07, 6.45) is 0.763. The van der Waals surface area contributed by atoms with Gasteiger partial charge in [0.25, 0.3) is 5.91 Å². The van der Waals surface area contributed by atoms with Gasteiger partial charge in [0.1, 0.15) is 10.6 Å². The molecule has 0 bridgehead atoms. The summed E-state index contributed by atoms with van der Waals surface area (Å²) in [5.74, 6) is 0.0600. The molecule has 1 aliphatic rings. The number of carbonyl (C=O) groups is 1. The van der Waals surface area contributed by atoms with Crippen molar-refractivity contribution in [3.05, 3.63) is 85.2 Å². The first-order valence-corrected chi connectivity index (χ1v) is 11.5. The lowest BCUT2D eigenvalue weighted by Crippen LogP contribution is -2.29. The molecular formula is C24H20ClN3O3S. The SMILES string of the molecule is Cc1ccc2oc3c(c(=O)c2c1)[C@H](c1ccc(Cl)cc1)N(c1nnc(CC(C)C)s1)C3=O. The van der Waals surface area contributed by atoms with Gasteiger partial charge in [-0.15, -0.1) is 10.2 Å². The van der Waals surface area contributed by atoms with Crippen molar-refractivity contribution in [3.8, 4) is 0 Å². The van der Waals surface area contributed by atoms with Crippen LogP contribution in [-0.4, -0.2) is 16.1 Å². The van der Waals surface area contributed by atoms with E-state index in [4.69, 9.17) is 16.0 Å². The van der Waals surface area contributed by atoms with Crippen LogP contribution in [0.15, 0.2) is 51.7 Å². The normalized spacial score (nSPS) is 15.7. The van der Waals surface area contributed by atoms with E-state index in [0.717, 1.165) is 22.6 Å². The molecule has 4 aromatic rings. The minimum Gasteiger partial charge on any atom is -0.450 e. The number of amides is 1. The van der Waals surface area contributed by atoms with E-state index in [2.05, 4.69) is 24.0 Å². The Bertz CT molecular complexity index is 1410. The molecule has 1 atom stereocenters. The zero-order valence-electron chi connectivity index (χ0n) is 17.8. The molecule has 1 amide bonds. The highest BCUT2D eigenvalue weighted by Crippen LogP contribution is 2.42. The van der Waals surface area contributed by atoms with Crippen LogP contribution in [0.2, 0.25) is 5.02 Å². The number of fused-ring (bicyclic) bond motifs is 2. The van der Waals surface area contributed by atoms with Crippen LogP contribution in [-0.2, 0) is 6.42 Å². The highest BCUT2D eigenvalue weighted by atomic mass is 35.5. The standard InChI is InChI=1S/C24H20ClN3O3S/c1-12(2)10-18-26-27-24(32-18)28-20(14-5-7-15(25)8-6-14)19-21(29)16-11-13(3)4-9-17(16)31-22(19)23(28)30/h4-9,11-12,20H,10H2,1-3H3/t20-/m0/s1. The Morgan fingerprint density at radius 1 is 1.12 bits per heavy atom. The monoisotopic (exact) mass is 465 g/mol. The average molecular weight is 466 g/mol. The molecule has 2 aromatic carbocycles. The average Bonchev–Trinajstić information content (AvgIpc) is 3.31. The summed E-state index contributed by atoms with van der Waals surface area (Å²) in [5, 5.41) is 10.9. The summed E-state index contributed by atoms with van der Waals surface area (Å²) in [4.78, 5) is 28.7. The fourth-order valence-electron chi connectivity index (χ4n) is 4.02. The van der Waals surface area contributed by atoms with Crippen LogP contribution in [0.3, 0.4) is 0 Å². The van der Waals surface area contributed by atoms with E-state index in [1.54, 1.807) is 24.3 Å². The molecule has 0 N–H and O–H groups in total. The van der Waals surface area contributed by atoms with Crippen molar-refractivity contribution in [2.24, 2.45) is 5.92 Å². The molecule has 0 saturated heterocycles. The molecule has 0 radical (unpaired) electrons. The van der Waals surface area contributed by atoms with Crippen molar-refractivity contribution in [2.45, 2.75) is 33.2 Å². The Labute approximate surface area is 193 Å². The second kappa shape index (κ2) is 7.83. The molecular weight excluding hydrogens is 446 g/mol. The van der Waals surface area contributed by atoms with Crippen LogP contribution in [0, 0.1) is 12.8 Å². The van der Waals surface area contributed by atoms with E-state index in [-0.39, 0.29) is 11.2 Å². The number of nitrogens with zero attached hydrogens (tertiary/aromatic N) is 3. The first kappa shape index (κ1) is 20.8. The van der Waals surface area contributed by atoms with Crippen molar-refractivity contribution >= 4 is 44.9 Å². The van der Waals surface area contributed by atoms with Gasteiger partial charge in [0, 0.05) is 11.4 Å². The quantitative estimate of drug-likeness (QED) is 0.394. The van der Waals surface area contributed by atoms with Crippen LogP contribution < -0.4 is 10.3 Å². The van der Waals surface area contributed by atoms with Gasteiger partial charge >= 0.3 is 0 Å². The lowest BCUT2D eigenvalue weighted by Gasteiger charge is -2.22. The second-order valence-corrected chi connectivity index (χ2v) is 9.86. The Kier molecular flexibility index (Phi) is 5.10. The molecule has 0 spiro atoms. The van der Waals surface area contributed by atoms with Gasteiger partial charge in [0.15, 0.2) is 5.43 Å². The number of hydrogen-bond donors (Lipinski definition) is 0. The first-order valence-electron chi connectivity index (χ1n) is 10.3. The minimum absolute atomic E-state index is 0.0481. The Morgan fingerprint density at radius 2 is 1.88 bits per heavy atom. The summed E-state index contributed by atoms with van der Waals surface area (Å²) in [6.45, 7) is 6.12. The summed E-state index contributed by atoms with van der Waals surface area (Å²) < 4.78 is 5.99. The number of hydrogen-bond acceptors (Lipinski definition) is 6. The molecule has 3 heterocycles. The first-order chi connectivity index (χ1) is 15.3. The molecule has 1 aliphatic heterocycles. The van der Waals surface area contributed by atoms with E-state index < -0.39 is 11.9 Å². The van der Waals surface area contributed by atoms with Crippen molar-refractivity contribution in [2.75, 3.05) is 4.90 Å². The van der Waals surface area contributed by atoms with Crippen LogP contribution in [0.5, 0.6) is 0 Å². The van der Waals surface area contributed by atoms with E-state index in [9.17, 15) is 9.59 Å². The number of benzene rings is 2. The number of carbonyl (C=O) groups excluding carboxylic acids is 1. The van der Waals surface area contributed by atoms with Crippen LogP contribution in [0.25, 0.3) is 11.0 Å². The maximum Gasteiger partial charge on any atom is 0.297 e. The molecule has 2 aromatic heterocycles. The summed E-state index contributed by atoms with van der Waals surface area (Å²) in [7, 11) is 0. The zero-order valence-corrected chi connectivity index (χ0v) is 19.3. The van der Waals surface area contributed by atoms with Gasteiger partial charge in [-0.2, -0.15) is 0 Å². The van der Waals surface area contributed by atoms with Gasteiger partial charge in [0.05, 0.1) is 17.0 Å². The second-order valence-electron chi connectivity index (χ2n) is 8.38. The van der Waals surface area contributed by atoms with Gasteiger partial charge in [-0.1, -0.05) is 60.5 Å². The predicted molar refractivity (Wildman–Crippen MR) is 126 cm³/mol. The molecule has 6 nitrogen and oxygen atoms in total. The van der Waals surface area contributed by atoms with E-state index in [1.165, 1.54) is 16.2 Å². The smallest absolute Gasteiger partial charge is 0.297 e. The largest absolute Gasteiger partial charge is 0.450 e.